The molecule has 0 spiro atoms. The van der Waals surface area contributed by atoms with Crippen molar-refractivity contribution in [2.75, 3.05) is 0 Å². The number of hydrogen-bond donors (Lipinski definition) is 1. The fourth-order valence-corrected chi connectivity index (χ4v) is 0. The Labute approximate surface area is 45.7 Å². The molecule has 0 aliphatic carbocycles. The molecular weight excluding hydrogens is 88.1 g/mol. The van der Waals surface area contributed by atoms with Gasteiger partial charge in [0.15, 0.2) is 0 Å². The lowest BCUT2D eigenvalue weighted by Gasteiger charge is -1.87. The summed E-state index contributed by atoms with van der Waals surface area (Å²) in [5.74, 6) is 0.426. The first-order valence-electron chi connectivity index (χ1n) is 1.97. The van der Waals surface area contributed by atoms with Gasteiger partial charge in [0.1, 0.15) is 0 Å². The fraction of sp³-hybridized carbons (Fsp3) is 0.667. The Morgan fingerprint density at radius 3 is 1.29 bits per heavy atom. The van der Waals surface area contributed by atoms with Gasteiger partial charge in [-0.1, -0.05) is 7.43 Å². The first kappa shape index (κ1) is 9.74. The van der Waals surface area contributed by atoms with Crippen LogP contribution in [-0.4, -0.2) is 5.11 Å². The van der Waals surface area contributed by atoms with Gasteiger partial charge < -0.3 is 5.11 Å². The molecule has 1 N–H and O–H groups in total. The predicted molar refractivity (Wildman–Crippen MR) is 33.4 cm³/mol. The fourth-order valence-electron chi connectivity index (χ4n) is 0. The summed E-state index contributed by atoms with van der Waals surface area (Å²) in [7, 11) is 0. The van der Waals surface area contributed by atoms with Gasteiger partial charge in [-0.2, -0.15) is 0 Å². The van der Waals surface area contributed by atoms with E-state index in [4.69, 9.17) is 5.11 Å². The zero-order valence-electron chi connectivity index (χ0n) is 4.45. The topological polar surface area (TPSA) is 20.2 Å². The number of hydrogen-bond acceptors (Lipinski definition) is 1. The molecule has 7 heavy (non-hydrogen) atoms. The van der Waals surface area contributed by atoms with Crippen molar-refractivity contribution in [2.24, 2.45) is 0 Å². The minimum Gasteiger partial charge on any atom is -0.513 e. The molecule has 0 radical (unpaired) electrons. The van der Waals surface area contributed by atoms with E-state index in [1.54, 1.807) is 6.92 Å². The van der Waals surface area contributed by atoms with Crippen molar-refractivity contribution in [1.29, 1.82) is 0 Å². The van der Waals surface area contributed by atoms with Gasteiger partial charge in [-0.3, -0.25) is 0 Å². The SMILES string of the molecule is C.CC(C)=C(C)O. The van der Waals surface area contributed by atoms with E-state index in [2.05, 4.69) is 0 Å². The van der Waals surface area contributed by atoms with Crippen LogP contribution in [0.1, 0.15) is 28.2 Å². The molecule has 1 nitrogen and oxygen atoms in total. The lowest BCUT2D eigenvalue weighted by atomic mass is 10.3. The molecule has 0 saturated heterocycles. The van der Waals surface area contributed by atoms with Crippen LogP contribution in [0, 0.1) is 0 Å². The van der Waals surface area contributed by atoms with Crippen LogP contribution in [0.2, 0.25) is 0 Å². The molecule has 0 fully saturated rings. The van der Waals surface area contributed by atoms with Gasteiger partial charge >= 0.3 is 0 Å². The normalized spacial score (nSPS) is 6.71. The highest BCUT2D eigenvalue weighted by Gasteiger charge is 1.78. The molecule has 0 atom stereocenters. The van der Waals surface area contributed by atoms with Crippen molar-refractivity contribution in [3.05, 3.63) is 11.3 Å². The molecule has 44 valence electrons. The van der Waals surface area contributed by atoms with Gasteiger partial charge in [-0.15, -0.1) is 0 Å². The Balaban J connectivity index is 0. The second-order valence-corrected chi connectivity index (χ2v) is 1.59. The van der Waals surface area contributed by atoms with Crippen LogP contribution >= 0.6 is 0 Å². The van der Waals surface area contributed by atoms with Crippen molar-refractivity contribution in [3.8, 4) is 0 Å². The number of allylic oxidation sites excluding steroid dienone is 2. The summed E-state index contributed by atoms with van der Waals surface area (Å²) >= 11 is 0. The van der Waals surface area contributed by atoms with Crippen LogP contribution in [0.5, 0.6) is 0 Å². The van der Waals surface area contributed by atoms with E-state index < -0.39 is 0 Å². The van der Waals surface area contributed by atoms with Crippen LogP contribution in [0.4, 0.5) is 0 Å². The van der Waals surface area contributed by atoms with E-state index in [0.717, 1.165) is 5.57 Å². The number of rotatable bonds is 0. The molecule has 0 aliphatic rings. The van der Waals surface area contributed by atoms with Crippen LogP contribution in [0.25, 0.3) is 0 Å². The lowest BCUT2D eigenvalue weighted by Crippen LogP contribution is -1.71. The summed E-state index contributed by atoms with van der Waals surface area (Å²) in [4.78, 5) is 0. The molecule has 0 heterocycles. The Kier molecular flexibility index (Phi) is 5.18. The second kappa shape index (κ2) is 3.72. The van der Waals surface area contributed by atoms with Gasteiger partial charge in [-0.05, 0) is 26.3 Å². The van der Waals surface area contributed by atoms with Crippen LogP contribution in [-0.2, 0) is 0 Å². The van der Waals surface area contributed by atoms with Gasteiger partial charge in [0.05, 0.1) is 5.76 Å². The second-order valence-electron chi connectivity index (χ2n) is 1.59. The summed E-state index contributed by atoms with van der Waals surface area (Å²) in [5, 5.41) is 8.51. The van der Waals surface area contributed by atoms with Crippen molar-refractivity contribution in [2.45, 2.75) is 28.2 Å². The molecule has 1 heteroatoms. The van der Waals surface area contributed by atoms with Crippen LogP contribution in [0.15, 0.2) is 11.3 Å². The van der Waals surface area contributed by atoms with E-state index in [1.165, 1.54) is 0 Å². The zero-order chi connectivity index (χ0) is 5.15. The maximum Gasteiger partial charge on any atom is 0.0878 e. The van der Waals surface area contributed by atoms with Crippen molar-refractivity contribution in [3.63, 3.8) is 0 Å². The molecule has 0 amide bonds. The molecular formula is C6H14O. The van der Waals surface area contributed by atoms with Crippen molar-refractivity contribution in [1.82, 2.24) is 0 Å². The summed E-state index contributed by atoms with van der Waals surface area (Å²) in [6.45, 7) is 5.42. The summed E-state index contributed by atoms with van der Waals surface area (Å²) in [6, 6.07) is 0. The minimum atomic E-state index is 0. The molecule has 0 aromatic rings. The minimum absolute atomic E-state index is 0. The predicted octanol–water partition coefficient (Wildman–Crippen LogP) is 2.49. The number of aliphatic hydroxyl groups is 1. The smallest absolute Gasteiger partial charge is 0.0878 e. The monoisotopic (exact) mass is 102 g/mol. The maximum absolute atomic E-state index is 8.51. The summed E-state index contributed by atoms with van der Waals surface area (Å²) in [6.07, 6.45) is 0. The lowest BCUT2D eigenvalue weighted by molar-refractivity contribution is 0.407. The van der Waals surface area contributed by atoms with E-state index in [1.807, 2.05) is 13.8 Å². The largest absolute Gasteiger partial charge is 0.513 e. The van der Waals surface area contributed by atoms with Crippen LogP contribution in [0.3, 0.4) is 0 Å². The van der Waals surface area contributed by atoms with E-state index in [0.29, 0.717) is 5.76 Å². The summed E-state index contributed by atoms with van der Waals surface area (Å²) in [5.41, 5.74) is 0.981. The molecule has 0 bridgehead atoms. The summed E-state index contributed by atoms with van der Waals surface area (Å²) < 4.78 is 0. The Morgan fingerprint density at radius 2 is 1.29 bits per heavy atom. The van der Waals surface area contributed by atoms with Gasteiger partial charge in [0.2, 0.25) is 0 Å². The molecule has 0 aliphatic heterocycles. The van der Waals surface area contributed by atoms with E-state index >= 15 is 0 Å². The maximum atomic E-state index is 8.51. The third-order valence-electron chi connectivity index (χ3n) is 0.724. The quantitative estimate of drug-likeness (QED) is 0.466. The zero-order valence-corrected chi connectivity index (χ0v) is 4.45. The highest BCUT2D eigenvalue weighted by Crippen LogP contribution is 1.93. The number of aliphatic hydroxyl groups excluding tert-OH is 1. The van der Waals surface area contributed by atoms with Gasteiger partial charge in [-0.25, -0.2) is 0 Å². The standard InChI is InChI=1S/C5H10O.CH4/c1-4(2)5(3)6;/h6H,1-3H3;1H4. The first-order chi connectivity index (χ1) is 2.64. The van der Waals surface area contributed by atoms with Crippen molar-refractivity contribution < 1.29 is 5.11 Å². The highest BCUT2D eigenvalue weighted by molar-refractivity contribution is 4.96. The molecule has 0 rings (SSSR count). The average molecular weight is 102 g/mol. The first-order valence-corrected chi connectivity index (χ1v) is 1.97. The highest BCUT2D eigenvalue weighted by atomic mass is 16.3. The van der Waals surface area contributed by atoms with E-state index in [-0.39, 0.29) is 7.43 Å². The molecule has 0 aromatic carbocycles. The Bertz CT molecular complexity index is 54.2. The van der Waals surface area contributed by atoms with Gasteiger partial charge in [0.25, 0.3) is 0 Å². The van der Waals surface area contributed by atoms with Crippen LogP contribution < -0.4 is 0 Å². The molecule has 0 saturated carbocycles. The van der Waals surface area contributed by atoms with E-state index in [9.17, 15) is 0 Å². The van der Waals surface area contributed by atoms with Gasteiger partial charge in [0, 0.05) is 0 Å². The Morgan fingerprint density at radius 1 is 1.14 bits per heavy atom. The Hall–Kier alpha value is -0.460. The molecule has 0 aromatic heterocycles. The third-order valence-corrected chi connectivity index (χ3v) is 0.724. The average Bonchev–Trinajstić information content (AvgIpc) is 1.36. The third kappa shape index (κ3) is 5.54. The van der Waals surface area contributed by atoms with Crippen molar-refractivity contribution >= 4 is 0 Å². The molecule has 0 unspecified atom stereocenters.